The number of aryl methyl sites for hydroxylation is 1. The van der Waals surface area contributed by atoms with Crippen molar-refractivity contribution in [3.63, 3.8) is 0 Å². The molecule has 0 aliphatic rings. The van der Waals surface area contributed by atoms with E-state index in [4.69, 9.17) is 15.9 Å². The minimum Gasteiger partial charge on any atom is -0.207 e. The maximum atomic E-state index is 12.6. The average Bonchev–Trinajstić information content (AvgIpc) is 2.14. The first kappa shape index (κ1) is 13.8. The highest BCUT2D eigenvalue weighted by Gasteiger charge is 2.37. The van der Waals surface area contributed by atoms with Crippen LogP contribution in [0.5, 0.6) is 0 Å². The van der Waals surface area contributed by atoms with Gasteiger partial charge in [-0.25, -0.2) is 8.42 Å². The fourth-order valence-electron chi connectivity index (χ4n) is 1.23. The van der Waals surface area contributed by atoms with Crippen LogP contribution < -0.4 is 0 Å². The maximum Gasteiger partial charge on any atom is 0.417 e. The highest BCUT2D eigenvalue weighted by molar-refractivity contribution is 8.13. The second-order valence-corrected chi connectivity index (χ2v) is 5.75. The lowest BCUT2D eigenvalue weighted by atomic mass is 10.1. The zero-order valence-corrected chi connectivity index (χ0v) is 9.91. The number of hydrogen-bond acceptors (Lipinski definition) is 3. The lowest BCUT2D eigenvalue weighted by molar-refractivity contribution is -0.139. The molecule has 0 aliphatic carbocycles. The Balaban J connectivity index is 3.74. The number of nitrogens with zero attached hydrogens (tertiary/aromatic N) is 1. The van der Waals surface area contributed by atoms with E-state index in [1.807, 2.05) is 0 Å². The number of hydrogen-bond donors (Lipinski definition) is 0. The van der Waals surface area contributed by atoms with Crippen LogP contribution in [0.15, 0.2) is 17.0 Å². The summed E-state index contributed by atoms with van der Waals surface area (Å²) in [6.07, 6.45) is -4.85. The fraction of sp³-hybridized carbons (Fsp3) is 0.222. The first-order chi connectivity index (χ1) is 7.57. The van der Waals surface area contributed by atoms with Crippen LogP contribution in [0.4, 0.5) is 13.2 Å². The van der Waals surface area contributed by atoms with Crippen molar-refractivity contribution in [2.24, 2.45) is 0 Å². The SMILES string of the molecule is Cc1cc(C(F)(F)F)c(S(=O)(=O)Cl)cc1C#N. The molecule has 1 aromatic rings. The Morgan fingerprint density at radius 1 is 1.35 bits per heavy atom. The van der Waals surface area contributed by atoms with Gasteiger partial charge in [0.05, 0.1) is 22.1 Å². The summed E-state index contributed by atoms with van der Waals surface area (Å²) in [4.78, 5) is -1.10. The third-order valence-electron chi connectivity index (χ3n) is 2.02. The van der Waals surface area contributed by atoms with Crippen molar-refractivity contribution >= 4 is 19.7 Å². The third kappa shape index (κ3) is 2.90. The normalized spacial score (nSPS) is 12.2. The predicted molar refractivity (Wildman–Crippen MR) is 53.9 cm³/mol. The maximum absolute atomic E-state index is 12.6. The molecule has 0 spiro atoms. The topological polar surface area (TPSA) is 57.9 Å². The molecule has 0 aliphatic heterocycles. The molecule has 3 nitrogen and oxygen atoms in total. The summed E-state index contributed by atoms with van der Waals surface area (Å²) >= 11 is 0. The van der Waals surface area contributed by atoms with Crippen molar-refractivity contribution in [2.45, 2.75) is 18.0 Å². The molecule has 0 unspecified atom stereocenters. The van der Waals surface area contributed by atoms with Gasteiger partial charge >= 0.3 is 6.18 Å². The van der Waals surface area contributed by atoms with Gasteiger partial charge < -0.3 is 0 Å². The molecule has 17 heavy (non-hydrogen) atoms. The minimum absolute atomic E-state index is 0.0314. The third-order valence-corrected chi connectivity index (χ3v) is 3.38. The standard InChI is InChI=1S/C9H5ClF3NO2S/c1-5-2-7(9(11,12)13)8(17(10,15)16)3-6(5)4-14/h2-3H,1H3. The van der Waals surface area contributed by atoms with Crippen LogP contribution >= 0.6 is 10.7 Å². The number of rotatable bonds is 1. The van der Waals surface area contributed by atoms with Gasteiger partial charge in [0, 0.05) is 10.7 Å². The quantitative estimate of drug-likeness (QED) is 0.745. The Bertz CT molecular complexity index is 602. The van der Waals surface area contributed by atoms with Crippen molar-refractivity contribution in [2.75, 3.05) is 0 Å². The van der Waals surface area contributed by atoms with Crippen molar-refractivity contribution < 1.29 is 21.6 Å². The summed E-state index contributed by atoms with van der Waals surface area (Å²) in [6, 6.07) is 2.81. The van der Waals surface area contributed by atoms with Gasteiger partial charge in [-0.2, -0.15) is 18.4 Å². The number of alkyl halides is 3. The summed E-state index contributed by atoms with van der Waals surface area (Å²) < 4.78 is 59.8. The summed E-state index contributed by atoms with van der Waals surface area (Å²) in [5.41, 5.74) is -1.51. The second kappa shape index (κ2) is 4.20. The molecule has 1 aromatic carbocycles. The lowest BCUT2D eigenvalue weighted by Crippen LogP contribution is -2.11. The Morgan fingerprint density at radius 2 is 1.88 bits per heavy atom. The highest BCUT2D eigenvalue weighted by atomic mass is 35.7. The van der Waals surface area contributed by atoms with E-state index in [-0.39, 0.29) is 11.1 Å². The number of nitriles is 1. The Hall–Kier alpha value is -1.26. The molecule has 0 aromatic heterocycles. The molecule has 0 heterocycles. The van der Waals surface area contributed by atoms with E-state index in [2.05, 4.69) is 0 Å². The largest absolute Gasteiger partial charge is 0.417 e. The van der Waals surface area contributed by atoms with E-state index in [1.54, 1.807) is 6.07 Å². The molecule has 0 saturated heterocycles. The molecule has 0 atom stereocenters. The van der Waals surface area contributed by atoms with Gasteiger partial charge in [0.1, 0.15) is 0 Å². The van der Waals surface area contributed by atoms with E-state index < -0.39 is 25.7 Å². The Morgan fingerprint density at radius 3 is 2.24 bits per heavy atom. The molecule has 0 amide bonds. The molecule has 0 fully saturated rings. The molecule has 1 rings (SSSR count). The molecule has 0 saturated carbocycles. The van der Waals surface area contributed by atoms with Gasteiger partial charge in [-0.1, -0.05) is 0 Å². The van der Waals surface area contributed by atoms with E-state index in [0.717, 1.165) is 0 Å². The first-order valence-corrected chi connectivity index (χ1v) is 6.45. The van der Waals surface area contributed by atoms with E-state index in [0.29, 0.717) is 12.1 Å². The smallest absolute Gasteiger partial charge is 0.207 e. The van der Waals surface area contributed by atoms with Crippen LogP contribution in [0.1, 0.15) is 16.7 Å². The van der Waals surface area contributed by atoms with Crippen LogP contribution in [-0.2, 0) is 15.2 Å². The van der Waals surface area contributed by atoms with E-state index in [1.165, 1.54) is 6.92 Å². The van der Waals surface area contributed by atoms with Crippen molar-refractivity contribution in [3.8, 4) is 6.07 Å². The van der Waals surface area contributed by atoms with Crippen molar-refractivity contribution in [3.05, 3.63) is 28.8 Å². The van der Waals surface area contributed by atoms with Crippen LogP contribution in [-0.4, -0.2) is 8.42 Å². The second-order valence-electron chi connectivity index (χ2n) is 3.21. The summed E-state index contributed by atoms with van der Waals surface area (Å²) in [6.45, 7) is 1.28. The summed E-state index contributed by atoms with van der Waals surface area (Å²) in [5, 5.41) is 8.63. The first-order valence-electron chi connectivity index (χ1n) is 4.14. The van der Waals surface area contributed by atoms with Crippen molar-refractivity contribution in [1.29, 1.82) is 5.26 Å². The summed E-state index contributed by atoms with van der Waals surface area (Å²) in [5.74, 6) is 0. The molecule has 0 N–H and O–H groups in total. The zero-order chi connectivity index (χ0) is 13.4. The molecule has 0 bridgehead atoms. The average molecular weight is 284 g/mol. The van der Waals surface area contributed by atoms with Gasteiger partial charge in [0.2, 0.25) is 0 Å². The number of halogens is 4. The molecule has 8 heteroatoms. The zero-order valence-electron chi connectivity index (χ0n) is 8.34. The van der Waals surface area contributed by atoms with Gasteiger partial charge in [-0.05, 0) is 24.6 Å². The lowest BCUT2D eigenvalue weighted by Gasteiger charge is -2.12. The van der Waals surface area contributed by atoms with Gasteiger partial charge in [0.25, 0.3) is 9.05 Å². The van der Waals surface area contributed by atoms with Gasteiger partial charge in [-0.15, -0.1) is 0 Å². The predicted octanol–water partition coefficient (Wildman–Crippen LogP) is 2.81. The molecular formula is C9H5ClF3NO2S. The van der Waals surface area contributed by atoms with E-state index in [9.17, 15) is 21.6 Å². The van der Waals surface area contributed by atoms with Crippen LogP contribution in [0.25, 0.3) is 0 Å². The molecule has 0 radical (unpaired) electrons. The molecule has 92 valence electrons. The minimum atomic E-state index is -4.85. The number of benzene rings is 1. The monoisotopic (exact) mass is 283 g/mol. The Labute approximate surface area is 99.8 Å². The van der Waals surface area contributed by atoms with Crippen LogP contribution in [0.2, 0.25) is 0 Å². The molecular weight excluding hydrogens is 279 g/mol. The highest BCUT2D eigenvalue weighted by Crippen LogP contribution is 2.36. The Kier molecular flexibility index (Phi) is 3.41. The summed E-state index contributed by atoms with van der Waals surface area (Å²) in [7, 11) is 0.349. The van der Waals surface area contributed by atoms with E-state index >= 15 is 0 Å². The van der Waals surface area contributed by atoms with Crippen LogP contribution in [0.3, 0.4) is 0 Å². The van der Waals surface area contributed by atoms with Crippen LogP contribution in [0, 0.1) is 18.3 Å². The fourth-order valence-corrected chi connectivity index (χ4v) is 2.31. The van der Waals surface area contributed by atoms with Gasteiger partial charge in [-0.3, -0.25) is 0 Å². The van der Waals surface area contributed by atoms with Crippen molar-refractivity contribution in [1.82, 2.24) is 0 Å². The van der Waals surface area contributed by atoms with Gasteiger partial charge in [0.15, 0.2) is 0 Å².